The van der Waals surface area contributed by atoms with Crippen LogP contribution in [-0.4, -0.2) is 28.5 Å². The molecule has 7 nitrogen and oxygen atoms in total. The molecule has 2 amide bonds. The molecular formula is C29H28N4O3. The Morgan fingerprint density at radius 2 is 1.64 bits per heavy atom. The SMILES string of the molecule is C[C@H](OC(=O)NCc1ccccc1-c1cccc(C(=O)NCCc2ccccn2)n1)c1ccccc1. The lowest BCUT2D eigenvalue weighted by molar-refractivity contribution is 0.0948. The van der Waals surface area contributed by atoms with Gasteiger partial charge in [0.2, 0.25) is 0 Å². The van der Waals surface area contributed by atoms with Gasteiger partial charge in [-0.3, -0.25) is 9.78 Å². The quantitative estimate of drug-likeness (QED) is 0.348. The van der Waals surface area contributed by atoms with Gasteiger partial charge in [-0.25, -0.2) is 9.78 Å². The maximum Gasteiger partial charge on any atom is 0.408 e. The number of aromatic nitrogens is 2. The van der Waals surface area contributed by atoms with Crippen LogP contribution in [0.2, 0.25) is 0 Å². The predicted octanol–water partition coefficient (Wildman–Crippen LogP) is 5.10. The van der Waals surface area contributed by atoms with Gasteiger partial charge in [-0.15, -0.1) is 0 Å². The van der Waals surface area contributed by atoms with Gasteiger partial charge >= 0.3 is 6.09 Å². The van der Waals surface area contributed by atoms with Crippen molar-refractivity contribution in [2.75, 3.05) is 6.54 Å². The highest BCUT2D eigenvalue weighted by Gasteiger charge is 2.14. The highest BCUT2D eigenvalue weighted by molar-refractivity contribution is 5.92. The Kier molecular flexibility index (Phi) is 8.38. The number of amides is 2. The van der Waals surface area contributed by atoms with E-state index < -0.39 is 6.09 Å². The topological polar surface area (TPSA) is 93.2 Å². The van der Waals surface area contributed by atoms with E-state index in [1.165, 1.54) is 0 Å². The molecule has 2 N–H and O–H groups in total. The number of benzene rings is 2. The molecule has 0 aliphatic carbocycles. The molecule has 0 aliphatic rings. The molecule has 4 rings (SSSR count). The largest absolute Gasteiger partial charge is 0.442 e. The van der Waals surface area contributed by atoms with E-state index in [0.29, 0.717) is 24.4 Å². The number of ether oxygens (including phenoxy) is 1. The molecule has 0 saturated carbocycles. The molecule has 1 atom stereocenters. The van der Waals surface area contributed by atoms with Crippen molar-refractivity contribution in [3.05, 3.63) is 120 Å². The first-order valence-electron chi connectivity index (χ1n) is 11.8. The van der Waals surface area contributed by atoms with Crippen molar-refractivity contribution in [2.24, 2.45) is 0 Å². The summed E-state index contributed by atoms with van der Waals surface area (Å²) < 4.78 is 5.50. The van der Waals surface area contributed by atoms with E-state index in [9.17, 15) is 9.59 Å². The standard InChI is InChI=1S/C29H28N4O3/c1-21(22-10-3-2-4-11-22)36-29(35)32-20-23-12-5-6-14-25(23)26-15-9-16-27(33-26)28(34)31-19-17-24-13-7-8-18-30-24/h2-16,18,21H,17,19-20H2,1H3,(H,31,34)(H,32,35)/t21-/m0/s1. The van der Waals surface area contributed by atoms with Crippen LogP contribution < -0.4 is 10.6 Å². The number of carbonyl (C=O) groups excluding carboxylic acids is 2. The Morgan fingerprint density at radius 1 is 0.861 bits per heavy atom. The summed E-state index contributed by atoms with van der Waals surface area (Å²) in [5.74, 6) is -0.248. The Hall–Kier alpha value is -4.52. The molecule has 0 aliphatic heterocycles. The normalized spacial score (nSPS) is 11.4. The summed E-state index contributed by atoms with van der Waals surface area (Å²) in [6.45, 7) is 2.56. The van der Waals surface area contributed by atoms with Crippen LogP contribution in [0.4, 0.5) is 4.79 Å². The Labute approximate surface area is 210 Å². The fraction of sp³-hybridized carbons (Fsp3) is 0.172. The zero-order valence-corrected chi connectivity index (χ0v) is 20.1. The zero-order valence-electron chi connectivity index (χ0n) is 20.1. The third-order valence-corrected chi connectivity index (χ3v) is 5.64. The van der Waals surface area contributed by atoms with Crippen LogP contribution in [0.25, 0.3) is 11.3 Å². The van der Waals surface area contributed by atoms with Crippen molar-refractivity contribution in [1.82, 2.24) is 20.6 Å². The summed E-state index contributed by atoms with van der Waals surface area (Å²) in [5.41, 5.74) is 4.51. The van der Waals surface area contributed by atoms with Crippen LogP contribution in [0.15, 0.2) is 97.2 Å². The molecule has 0 fully saturated rings. The molecule has 4 aromatic rings. The van der Waals surface area contributed by atoms with E-state index in [1.807, 2.05) is 85.8 Å². The maximum atomic E-state index is 12.7. The maximum absolute atomic E-state index is 12.7. The van der Waals surface area contributed by atoms with E-state index in [4.69, 9.17) is 4.74 Å². The van der Waals surface area contributed by atoms with Gasteiger partial charge in [0.15, 0.2) is 0 Å². The summed E-state index contributed by atoms with van der Waals surface area (Å²) in [4.78, 5) is 33.9. The van der Waals surface area contributed by atoms with Crippen molar-refractivity contribution in [3.63, 3.8) is 0 Å². The van der Waals surface area contributed by atoms with Crippen LogP contribution >= 0.6 is 0 Å². The highest BCUT2D eigenvalue weighted by atomic mass is 16.6. The van der Waals surface area contributed by atoms with Crippen molar-refractivity contribution in [1.29, 1.82) is 0 Å². The average Bonchev–Trinajstić information content (AvgIpc) is 2.93. The lowest BCUT2D eigenvalue weighted by Crippen LogP contribution is -2.27. The number of hydrogen-bond donors (Lipinski definition) is 2. The van der Waals surface area contributed by atoms with Crippen molar-refractivity contribution in [2.45, 2.75) is 26.0 Å². The predicted molar refractivity (Wildman–Crippen MR) is 138 cm³/mol. The summed E-state index contributed by atoms with van der Waals surface area (Å²) in [5, 5.41) is 5.71. The highest BCUT2D eigenvalue weighted by Crippen LogP contribution is 2.22. The number of nitrogens with one attached hydrogen (secondary N) is 2. The van der Waals surface area contributed by atoms with E-state index in [1.54, 1.807) is 18.3 Å². The third-order valence-electron chi connectivity index (χ3n) is 5.64. The second kappa shape index (κ2) is 12.3. The molecule has 0 bridgehead atoms. The van der Waals surface area contributed by atoms with Gasteiger partial charge in [0.1, 0.15) is 11.8 Å². The van der Waals surface area contributed by atoms with E-state index in [2.05, 4.69) is 20.6 Å². The second-order valence-electron chi connectivity index (χ2n) is 8.20. The Bertz CT molecular complexity index is 1300. The zero-order chi connectivity index (χ0) is 25.2. The van der Waals surface area contributed by atoms with Gasteiger partial charge in [-0.1, -0.05) is 66.7 Å². The Morgan fingerprint density at radius 3 is 2.44 bits per heavy atom. The van der Waals surface area contributed by atoms with E-state index in [-0.39, 0.29) is 18.6 Å². The van der Waals surface area contributed by atoms with Crippen LogP contribution in [0.5, 0.6) is 0 Å². The van der Waals surface area contributed by atoms with Crippen LogP contribution in [0, 0.1) is 0 Å². The van der Waals surface area contributed by atoms with Crippen molar-refractivity contribution < 1.29 is 14.3 Å². The first-order valence-corrected chi connectivity index (χ1v) is 11.8. The minimum Gasteiger partial charge on any atom is -0.442 e. The Balaban J connectivity index is 1.37. The monoisotopic (exact) mass is 480 g/mol. The van der Waals surface area contributed by atoms with Crippen molar-refractivity contribution in [3.8, 4) is 11.3 Å². The summed E-state index contributed by atoms with van der Waals surface area (Å²) in [6, 6.07) is 28.2. The van der Waals surface area contributed by atoms with E-state index in [0.717, 1.165) is 22.4 Å². The van der Waals surface area contributed by atoms with Crippen LogP contribution in [0.1, 0.15) is 40.3 Å². The first kappa shape index (κ1) is 24.6. The molecule has 0 saturated heterocycles. The van der Waals surface area contributed by atoms with Gasteiger partial charge in [-0.2, -0.15) is 0 Å². The van der Waals surface area contributed by atoms with Gasteiger partial charge in [0, 0.05) is 37.0 Å². The average molecular weight is 481 g/mol. The van der Waals surface area contributed by atoms with Gasteiger partial charge < -0.3 is 15.4 Å². The number of alkyl carbamates (subject to hydrolysis) is 1. The number of carbonyl (C=O) groups is 2. The smallest absolute Gasteiger partial charge is 0.408 e. The minimum absolute atomic E-state index is 0.248. The fourth-order valence-electron chi connectivity index (χ4n) is 3.74. The van der Waals surface area contributed by atoms with Gasteiger partial charge in [0.25, 0.3) is 5.91 Å². The van der Waals surface area contributed by atoms with Crippen LogP contribution in [0.3, 0.4) is 0 Å². The molecule has 36 heavy (non-hydrogen) atoms. The number of nitrogens with zero attached hydrogens (tertiary/aromatic N) is 2. The molecule has 2 aromatic carbocycles. The minimum atomic E-state index is -0.504. The third kappa shape index (κ3) is 6.76. The molecule has 182 valence electrons. The van der Waals surface area contributed by atoms with E-state index >= 15 is 0 Å². The van der Waals surface area contributed by atoms with Gasteiger partial charge in [-0.05, 0) is 42.3 Å². The fourth-order valence-corrected chi connectivity index (χ4v) is 3.74. The molecular weight excluding hydrogens is 452 g/mol. The summed E-state index contributed by atoms with van der Waals surface area (Å²) >= 11 is 0. The number of pyridine rings is 2. The lowest BCUT2D eigenvalue weighted by atomic mass is 10.0. The molecule has 0 radical (unpaired) electrons. The molecule has 2 aromatic heterocycles. The number of rotatable bonds is 9. The molecule has 0 spiro atoms. The van der Waals surface area contributed by atoms with Gasteiger partial charge in [0.05, 0.1) is 5.69 Å². The molecule has 0 unspecified atom stereocenters. The summed E-state index contributed by atoms with van der Waals surface area (Å²) in [7, 11) is 0. The number of hydrogen-bond acceptors (Lipinski definition) is 5. The first-order chi connectivity index (χ1) is 17.6. The summed E-state index contributed by atoms with van der Waals surface area (Å²) in [6.07, 6.45) is 1.50. The molecule has 7 heteroatoms. The van der Waals surface area contributed by atoms with Crippen molar-refractivity contribution >= 4 is 12.0 Å². The lowest BCUT2D eigenvalue weighted by Gasteiger charge is -2.15. The second-order valence-corrected chi connectivity index (χ2v) is 8.20. The van der Waals surface area contributed by atoms with Crippen LogP contribution in [-0.2, 0) is 17.7 Å². The molecule has 2 heterocycles.